The van der Waals surface area contributed by atoms with Gasteiger partial charge in [-0.3, -0.25) is 0 Å². The van der Waals surface area contributed by atoms with Crippen LogP contribution >= 0.6 is 12.4 Å². The molecular formula is C12H20ClNO. The van der Waals surface area contributed by atoms with Crippen LogP contribution in [0, 0.1) is 5.92 Å². The number of nitrogens with two attached hydrogens (primary N) is 1. The fourth-order valence-corrected chi connectivity index (χ4v) is 1.40. The molecule has 15 heavy (non-hydrogen) atoms. The third-order valence-electron chi connectivity index (χ3n) is 2.38. The van der Waals surface area contributed by atoms with Crippen LogP contribution in [0.1, 0.15) is 38.3 Å². The summed E-state index contributed by atoms with van der Waals surface area (Å²) >= 11 is 0. The van der Waals surface area contributed by atoms with Gasteiger partial charge in [0.25, 0.3) is 0 Å². The number of aromatic hydroxyl groups is 1. The smallest absolute Gasteiger partial charge is 0.115 e. The highest BCUT2D eigenvalue weighted by Gasteiger charge is 2.06. The normalized spacial score (nSPS) is 12.3. The predicted molar refractivity (Wildman–Crippen MR) is 66.4 cm³/mol. The molecule has 0 bridgehead atoms. The van der Waals surface area contributed by atoms with Crippen molar-refractivity contribution in [3.8, 4) is 5.75 Å². The van der Waals surface area contributed by atoms with Gasteiger partial charge in [-0.1, -0.05) is 26.0 Å². The highest BCUT2D eigenvalue weighted by atomic mass is 35.5. The molecule has 2 nitrogen and oxygen atoms in total. The topological polar surface area (TPSA) is 46.2 Å². The number of rotatable bonds is 4. The van der Waals surface area contributed by atoms with Crippen LogP contribution in [0.5, 0.6) is 5.75 Å². The van der Waals surface area contributed by atoms with Gasteiger partial charge in [-0.05, 0) is 36.5 Å². The first kappa shape index (κ1) is 14.3. The zero-order valence-electron chi connectivity index (χ0n) is 9.31. The first-order chi connectivity index (χ1) is 6.59. The molecule has 0 fully saturated rings. The van der Waals surface area contributed by atoms with Crippen molar-refractivity contribution in [3.05, 3.63) is 29.8 Å². The summed E-state index contributed by atoms with van der Waals surface area (Å²) in [7, 11) is 0. The van der Waals surface area contributed by atoms with Crippen LogP contribution in [0.3, 0.4) is 0 Å². The van der Waals surface area contributed by atoms with Crippen molar-refractivity contribution in [1.29, 1.82) is 0 Å². The molecule has 1 aromatic carbocycles. The lowest BCUT2D eigenvalue weighted by Gasteiger charge is -2.13. The fraction of sp³-hybridized carbons (Fsp3) is 0.500. The van der Waals surface area contributed by atoms with E-state index in [1.165, 1.54) is 0 Å². The van der Waals surface area contributed by atoms with Gasteiger partial charge in [0.1, 0.15) is 5.75 Å². The Kier molecular flexibility index (Phi) is 6.37. The highest BCUT2D eigenvalue weighted by Crippen LogP contribution is 2.20. The molecule has 0 aliphatic heterocycles. The standard InChI is InChI=1S/C12H19NO.ClH/c1-9(2)3-8-12(13)10-4-6-11(14)7-5-10;/h4-7,9,12,14H,3,8,13H2,1-2H3;1H/t12-;/m0./s1. The Hall–Kier alpha value is -0.730. The number of hydrogen-bond donors (Lipinski definition) is 2. The molecule has 0 saturated carbocycles. The van der Waals surface area contributed by atoms with Crippen molar-refractivity contribution >= 4 is 12.4 Å². The van der Waals surface area contributed by atoms with Gasteiger partial charge in [0.15, 0.2) is 0 Å². The van der Waals surface area contributed by atoms with E-state index in [1.807, 2.05) is 12.1 Å². The minimum absolute atomic E-state index is 0. The molecule has 0 radical (unpaired) electrons. The zero-order chi connectivity index (χ0) is 10.6. The molecule has 0 amide bonds. The Bertz CT molecular complexity index is 271. The van der Waals surface area contributed by atoms with E-state index in [9.17, 15) is 0 Å². The van der Waals surface area contributed by atoms with E-state index in [0.29, 0.717) is 11.7 Å². The van der Waals surface area contributed by atoms with Crippen molar-refractivity contribution < 1.29 is 5.11 Å². The number of hydrogen-bond acceptors (Lipinski definition) is 2. The SMILES string of the molecule is CC(C)CC[C@H](N)c1ccc(O)cc1.Cl. The van der Waals surface area contributed by atoms with Gasteiger partial charge in [-0.2, -0.15) is 0 Å². The zero-order valence-corrected chi connectivity index (χ0v) is 10.1. The third-order valence-corrected chi connectivity index (χ3v) is 2.38. The Morgan fingerprint density at radius 3 is 2.13 bits per heavy atom. The summed E-state index contributed by atoms with van der Waals surface area (Å²) in [5.41, 5.74) is 7.11. The Morgan fingerprint density at radius 2 is 1.67 bits per heavy atom. The second-order valence-corrected chi connectivity index (χ2v) is 4.17. The molecule has 0 heterocycles. The van der Waals surface area contributed by atoms with Crippen LogP contribution in [0.25, 0.3) is 0 Å². The molecule has 0 unspecified atom stereocenters. The second-order valence-electron chi connectivity index (χ2n) is 4.17. The average Bonchev–Trinajstić information content (AvgIpc) is 2.15. The molecule has 0 aliphatic carbocycles. The summed E-state index contributed by atoms with van der Waals surface area (Å²) in [4.78, 5) is 0. The van der Waals surface area contributed by atoms with E-state index in [1.54, 1.807) is 12.1 Å². The van der Waals surface area contributed by atoms with E-state index in [4.69, 9.17) is 10.8 Å². The largest absolute Gasteiger partial charge is 0.508 e. The molecule has 1 atom stereocenters. The Morgan fingerprint density at radius 1 is 1.13 bits per heavy atom. The van der Waals surface area contributed by atoms with E-state index < -0.39 is 0 Å². The van der Waals surface area contributed by atoms with E-state index in [-0.39, 0.29) is 18.4 Å². The van der Waals surface area contributed by atoms with Crippen molar-refractivity contribution in [2.75, 3.05) is 0 Å². The molecule has 0 aliphatic rings. The van der Waals surface area contributed by atoms with Gasteiger partial charge in [0.2, 0.25) is 0 Å². The summed E-state index contributed by atoms with van der Waals surface area (Å²) in [5, 5.41) is 9.12. The predicted octanol–water partition coefficient (Wildman–Crippen LogP) is 3.25. The van der Waals surface area contributed by atoms with E-state index in [2.05, 4.69) is 13.8 Å². The van der Waals surface area contributed by atoms with E-state index in [0.717, 1.165) is 18.4 Å². The maximum atomic E-state index is 9.12. The summed E-state index contributed by atoms with van der Waals surface area (Å²) in [5.74, 6) is 0.989. The summed E-state index contributed by atoms with van der Waals surface area (Å²) in [6.07, 6.45) is 2.14. The molecular weight excluding hydrogens is 210 g/mol. The van der Waals surface area contributed by atoms with Crippen LogP contribution in [0.2, 0.25) is 0 Å². The monoisotopic (exact) mass is 229 g/mol. The second kappa shape index (κ2) is 6.70. The minimum atomic E-state index is 0. The molecule has 1 rings (SSSR count). The van der Waals surface area contributed by atoms with Gasteiger partial charge < -0.3 is 10.8 Å². The minimum Gasteiger partial charge on any atom is -0.508 e. The molecule has 3 N–H and O–H groups in total. The van der Waals surface area contributed by atoms with Crippen LogP contribution in [0.15, 0.2) is 24.3 Å². The molecule has 0 spiro atoms. The maximum Gasteiger partial charge on any atom is 0.115 e. The van der Waals surface area contributed by atoms with Gasteiger partial charge in [-0.15, -0.1) is 12.4 Å². The van der Waals surface area contributed by atoms with Crippen LogP contribution in [-0.2, 0) is 0 Å². The van der Waals surface area contributed by atoms with Gasteiger partial charge in [0.05, 0.1) is 0 Å². The van der Waals surface area contributed by atoms with Gasteiger partial charge in [0, 0.05) is 6.04 Å². The number of phenols is 1. The van der Waals surface area contributed by atoms with Crippen molar-refractivity contribution in [2.45, 2.75) is 32.7 Å². The van der Waals surface area contributed by atoms with Gasteiger partial charge >= 0.3 is 0 Å². The van der Waals surface area contributed by atoms with Crippen molar-refractivity contribution in [1.82, 2.24) is 0 Å². The summed E-state index contributed by atoms with van der Waals surface area (Å²) < 4.78 is 0. The Labute approximate surface area is 97.9 Å². The lowest BCUT2D eigenvalue weighted by Crippen LogP contribution is -2.10. The molecule has 0 saturated heterocycles. The highest BCUT2D eigenvalue weighted by molar-refractivity contribution is 5.85. The van der Waals surface area contributed by atoms with E-state index >= 15 is 0 Å². The average molecular weight is 230 g/mol. The van der Waals surface area contributed by atoms with Crippen molar-refractivity contribution in [2.24, 2.45) is 11.7 Å². The molecule has 1 aromatic rings. The lowest BCUT2D eigenvalue weighted by atomic mass is 9.98. The quantitative estimate of drug-likeness (QED) is 0.833. The van der Waals surface area contributed by atoms with Crippen LogP contribution in [-0.4, -0.2) is 5.11 Å². The fourth-order valence-electron chi connectivity index (χ4n) is 1.40. The van der Waals surface area contributed by atoms with Crippen LogP contribution < -0.4 is 5.73 Å². The third kappa shape index (κ3) is 5.05. The lowest BCUT2D eigenvalue weighted by molar-refractivity contribution is 0.473. The molecule has 3 heteroatoms. The Balaban J connectivity index is 0.00000196. The first-order valence-corrected chi connectivity index (χ1v) is 5.14. The van der Waals surface area contributed by atoms with Gasteiger partial charge in [-0.25, -0.2) is 0 Å². The summed E-state index contributed by atoms with van der Waals surface area (Å²) in [6, 6.07) is 7.24. The summed E-state index contributed by atoms with van der Waals surface area (Å²) in [6.45, 7) is 4.40. The van der Waals surface area contributed by atoms with Crippen molar-refractivity contribution in [3.63, 3.8) is 0 Å². The number of halogens is 1. The number of phenolic OH excluding ortho intramolecular Hbond substituents is 1. The molecule has 86 valence electrons. The number of benzene rings is 1. The maximum absolute atomic E-state index is 9.12. The first-order valence-electron chi connectivity index (χ1n) is 5.14. The molecule has 0 aromatic heterocycles. The van der Waals surface area contributed by atoms with Crippen LogP contribution in [0.4, 0.5) is 0 Å².